The van der Waals surface area contributed by atoms with Crippen LogP contribution in [0.5, 0.6) is 0 Å². The molecule has 2 fully saturated rings. The quantitative estimate of drug-likeness (QED) is 0.665. The molecule has 2 amide bonds. The van der Waals surface area contributed by atoms with Gasteiger partial charge < -0.3 is 15.0 Å². The molecule has 2 unspecified atom stereocenters. The summed E-state index contributed by atoms with van der Waals surface area (Å²) in [6, 6.07) is 7.70. The van der Waals surface area contributed by atoms with Crippen LogP contribution < -0.4 is 5.32 Å². The van der Waals surface area contributed by atoms with Gasteiger partial charge in [0.25, 0.3) is 5.91 Å². The number of amides is 2. The van der Waals surface area contributed by atoms with Gasteiger partial charge in [0, 0.05) is 11.0 Å². The summed E-state index contributed by atoms with van der Waals surface area (Å²) >= 11 is 3.52. The molecule has 0 bridgehead atoms. The third kappa shape index (κ3) is 5.16. The number of hydrogen-bond donors (Lipinski definition) is 1. The van der Waals surface area contributed by atoms with E-state index in [-0.39, 0.29) is 30.5 Å². The Hall–Kier alpha value is -1.82. The van der Waals surface area contributed by atoms with E-state index in [0.29, 0.717) is 18.2 Å². The summed E-state index contributed by atoms with van der Waals surface area (Å²) in [5.41, 5.74) is 0.890. The zero-order chi connectivity index (χ0) is 20.1. The Kier molecular flexibility index (Phi) is 7.16. The minimum absolute atomic E-state index is 0.0199. The van der Waals surface area contributed by atoms with Gasteiger partial charge in [-0.1, -0.05) is 54.4 Å². The summed E-state index contributed by atoms with van der Waals surface area (Å²) in [4.78, 5) is 27.3. The lowest BCUT2D eigenvalue weighted by Crippen LogP contribution is -2.57. The summed E-state index contributed by atoms with van der Waals surface area (Å²) in [7, 11) is 0. The minimum atomic E-state index is -0.196. The van der Waals surface area contributed by atoms with E-state index >= 15 is 0 Å². The van der Waals surface area contributed by atoms with Crippen molar-refractivity contribution in [3.63, 3.8) is 0 Å². The van der Waals surface area contributed by atoms with Gasteiger partial charge in [-0.15, -0.1) is 0 Å². The summed E-state index contributed by atoms with van der Waals surface area (Å²) in [6.07, 6.45) is 6.62. The fourth-order valence-electron chi connectivity index (χ4n) is 3.81. The van der Waals surface area contributed by atoms with Gasteiger partial charge in [-0.25, -0.2) is 0 Å². The van der Waals surface area contributed by atoms with Crippen molar-refractivity contribution in [2.24, 2.45) is 5.92 Å². The van der Waals surface area contributed by atoms with Gasteiger partial charge in [0.1, 0.15) is 12.6 Å². The molecule has 1 aliphatic carbocycles. The highest BCUT2D eigenvalue weighted by Crippen LogP contribution is 2.33. The molecule has 2 aliphatic rings. The molecule has 0 radical (unpaired) electrons. The first-order valence-electron chi connectivity index (χ1n) is 10.2. The van der Waals surface area contributed by atoms with E-state index in [4.69, 9.17) is 4.74 Å². The molecule has 1 saturated heterocycles. The second-order valence-electron chi connectivity index (χ2n) is 8.00. The van der Waals surface area contributed by atoms with E-state index in [0.717, 1.165) is 42.1 Å². The molecule has 3 rings (SSSR count). The van der Waals surface area contributed by atoms with Gasteiger partial charge in [0.2, 0.25) is 5.91 Å². The van der Waals surface area contributed by atoms with E-state index in [1.54, 1.807) is 11.0 Å². The zero-order valence-corrected chi connectivity index (χ0v) is 18.2. The number of carbonyl (C=O) groups excluding carboxylic acids is 2. The van der Waals surface area contributed by atoms with Crippen molar-refractivity contribution in [3.05, 3.63) is 40.1 Å². The van der Waals surface area contributed by atoms with Crippen molar-refractivity contribution in [1.29, 1.82) is 0 Å². The molecule has 28 heavy (non-hydrogen) atoms. The molecule has 6 heteroatoms. The number of morpholine rings is 1. The molecule has 5 nitrogen and oxygen atoms in total. The highest BCUT2D eigenvalue weighted by Gasteiger charge is 2.42. The van der Waals surface area contributed by atoms with E-state index in [9.17, 15) is 9.59 Å². The first-order chi connectivity index (χ1) is 13.5. The molecule has 1 saturated carbocycles. The largest absolute Gasteiger partial charge is 0.482 e. The topological polar surface area (TPSA) is 58.6 Å². The zero-order valence-electron chi connectivity index (χ0n) is 16.6. The van der Waals surface area contributed by atoms with Gasteiger partial charge in [0.15, 0.2) is 5.76 Å². The second kappa shape index (κ2) is 9.59. The molecule has 1 heterocycles. The second-order valence-corrected chi connectivity index (χ2v) is 8.86. The van der Waals surface area contributed by atoms with Crippen molar-refractivity contribution in [2.45, 2.75) is 58.1 Å². The average molecular weight is 449 g/mol. The lowest BCUT2D eigenvalue weighted by molar-refractivity contribution is -0.151. The van der Waals surface area contributed by atoms with Crippen molar-refractivity contribution in [3.8, 4) is 0 Å². The van der Waals surface area contributed by atoms with Crippen LogP contribution in [0.3, 0.4) is 0 Å². The Bertz CT molecular complexity index is 747. The number of halogens is 1. The van der Waals surface area contributed by atoms with Crippen LogP contribution in [0.15, 0.2) is 34.5 Å². The smallest absolute Gasteiger partial charge is 0.289 e. The Morgan fingerprint density at radius 1 is 1.32 bits per heavy atom. The highest BCUT2D eigenvalue weighted by molar-refractivity contribution is 9.10. The number of nitrogens with zero attached hydrogens (tertiary/aromatic N) is 1. The molecular weight excluding hydrogens is 420 g/mol. The van der Waals surface area contributed by atoms with Gasteiger partial charge in [-0.2, -0.15) is 0 Å². The monoisotopic (exact) mass is 448 g/mol. The Morgan fingerprint density at radius 2 is 2.07 bits per heavy atom. The summed E-state index contributed by atoms with van der Waals surface area (Å²) < 4.78 is 7.01. The summed E-state index contributed by atoms with van der Waals surface area (Å²) in [6.45, 7) is 4.99. The molecule has 1 aromatic rings. The van der Waals surface area contributed by atoms with Crippen molar-refractivity contribution >= 4 is 33.8 Å². The number of nitrogens with one attached hydrogen (secondary N) is 1. The van der Waals surface area contributed by atoms with Crippen LogP contribution in [0.1, 0.15) is 51.5 Å². The van der Waals surface area contributed by atoms with Crippen LogP contribution in [-0.2, 0) is 14.3 Å². The third-order valence-corrected chi connectivity index (χ3v) is 6.09. The summed E-state index contributed by atoms with van der Waals surface area (Å²) in [5, 5.41) is 2.95. The molecular formula is C22H29BrN2O3. The van der Waals surface area contributed by atoms with Gasteiger partial charge in [-0.3, -0.25) is 9.59 Å². The normalized spacial score (nSPS) is 23.5. The van der Waals surface area contributed by atoms with Crippen molar-refractivity contribution in [2.75, 3.05) is 13.1 Å². The maximum atomic E-state index is 13.2. The van der Waals surface area contributed by atoms with Crippen molar-refractivity contribution in [1.82, 2.24) is 10.2 Å². The summed E-state index contributed by atoms with van der Waals surface area (Å²) in [5.74, 6) is 0.565. The number of hydrogen-bond acceptors (Lipinski definition) is 3. The fraction of sp³-hybridized carbons (Fsp3) is 0.545. The van der Waals surface area contributed by atoms with Crippen LogP contribution in [0.25, 0.3) is 6.08 Å². The molecule has 152 valence electrons. The number of rotatable bonds is 6. The van der Waals surface area contributed by atoms with Gasteiger partial charge in [0.05, 0.1) is 6.04 Å². The molecule has 1 N–H and O–H groups in total. The average Bonchev–Trinajstić information content (AvgIpc) is 2.66. The number of fused-ring (bicyclic) bond motifs is 1. The third-order valence-electron chi connectivity index (χ3n) is 5.37. The molecule has 1 aromatic carbocycles. The lowest BCUT2D eigenvalue weighted by atomic mass is 9.89. The fourth-order valence-corrected chi connectivity index (χ4v) is 4.21. The maximum absolute atomic E-state index is 13.2. The molecule has 0 spiro atoms. The maximum Gasteiger partial charge on any atom is 0.289 e. The van der Waals surface area contributed by atoms with Crippen LogP contribution >= 0.6 is 15.9 Å². The SMILES string of the molecule is CC(C)CCNC(=O)CN1C(=O)/C(=C\c2ccccc2Br)OC2CCCCC21. The van der Waals surface area contributed by atoms with Gasteiger partial charge in [-0.05, 0) is 49.3 Å². The standard InChI is InChI=1S/C22H29BrN2O3/c1-15(2)11-12-24-21(26)14-25-18-9-5-6-10-19(18)28-20(22(25)27)13-16-7-3-4-8-17(16)23/h3-4,7-8,13,15,18-19H,5-6,9-12,14H2,1-2H3,(H,24,26)/b20-13+. The molecule has 1 aliphatic heterocycles. The Morgan fingerprint density at radius 3 is 2.82 bits per heavy atom. The number of ether oxygens (including phenoxy) is 1. The molecule has 0 aromatic heterocycles. The van der Waals surface area contributed by atoms with Crippen LogP contribution in [0.2, 0.25) is 0 Å². The number of benzene rings is 1. The predicted molar refractivity (Wildman–Crippen MR) is 113 cm³/mol. The Balaban J connectivity index is 1.77. The lowest BCUT2D eigenvalue weighted by Gasteiger charge is -2.44. The van der Waals surface area contributed by atoms with Crippen LogP contribution in [-0.4, -0.2) is 41.9 Å². The van der Waals surface area contributed by atoms with E-state index in [1.165, 1.54) is 0 Å². The minimum Gasteiger partial charge on any atom is -0.482 e. The van der Waals surface area contributed by atoms with Gasteiger partial charge >= 0.3 is 0 Å². The highest BCUT2D eigenvalue weighted by atomic mass is 79.9. The van der Waals surface area contributed by atoms with E-state index in [2.05, 4.69) is 35.1 Å². The van der Waals surface area contributed by atoms with Crippen LogP contribution in [0, 0.1) is 5.92 Å². The first-order valence-corrected chi connectivity index (χ1v) is 11.0. The van der Waals surface area contributed by atoms with Crippen molar-refractivity contribution < 1.29 is 14.3 Å². The van der Waals surface area contributed by atoms with Crippen LogP contribution in [0.4, 0.5) is 0 Å². The molecule has 2 atom stereocenters. The predicted octanol–water partition coefficient (Wildman–Crippen LogP) is 4.12. The van der Waals surface area contributed by atoms with E-state index < -0.39 is 0 Å². The number of carbonyl (C=O) groups is 2. The first kappa shape index (κ1) is 20.9. The Labute approximate surface area is 175 Å². The van der Waals surface area contributed by atoms with E-state index in [1.807, 2.05) is 24.3 Å².